The third kappa shape index (κ3) is 6.98. The lowest BCUT2D eigenvalue weighted by molar-refractivity contribution is -0.122. The Hall–Kier alpha value is -2.29. The van der Waals surface area contributed by atoms with Gasteiger partial charge in [-0.3, -0.25) is 14.6 Å². The molecule has 4 rings (SSSR count). The van der Waals surface area contributed by atoms with Crippen LogP contribution in [0.4, 0.5) is 5.69 Å². The van der Waals surface area contributed by atoms with Crippen LogP contribution in [0.2, 0.25) is 10.0 Å². The second-order valence-corrected chi connectivity index (χ2v) is 9.93. The smallest absolute Gasteiger partial charge is 0.236 e. The van der Waals surface area contributed by atoms with Crippen LogP contribution in [0, 0.1) is 0 Å². The number of anilines is 1. The van der Waals surface area contributed by atoms with Crippen molar-refractivity contribution in [1.82, 2.24) is 10.3 Å². The van der Waals surface area contributed by atoms with Crippen LogP contribution in [-0.4, -0.2) is 39.9 Å². The third-order valence-electron chi connectivity index (χ3n) is 6.43. The summed E-state index contributed by atoms with van der Waals surface area (Å²) in [6.07, 6.45) is 4.94. The summed E-state index contributed by atoms with van der Waals surface area (Å²) in [7, 11) is 0. The largest absolute Gasteiger partial charge is 0.505 e. The molecule has 0 spiro atoms. The number of halogens is 4. The highest BCUT2D eigenvalue weighted by molar-refractivity contribution is 6.37. The summed E-state index contributed by atoms with van der Waals surface area (Å²) in [6, 6.07) is 8.75. The lowest BCUT2D eigenvalue weighted by Gasteiger charge is -2.31. The van der Waals surface area contributed by atoms with Crippen LogP contribution < -0.4 is 16.4 Å². The molecule has 200 valence electrons. The molecule has 0 aliphatic heterocycles. The molecule has 1 saturated carbocycles. The maximum atomic E-state index is 12.5. The number of nitrogens with zero attached hydrogens (tertiary/aromatic N) is 1. The van der Waals surface area contributed by atoms with Crippen LogP contribution in [0.1, 0.15) is 49.9 Å². The van der Waals surface area contributed by atoms with Crippen molar-refractivity contribution >= 4 is 76.3 Å². The molecule has 1 heterocycles. The molecule has 5 N–H and O–H groups in total. The average molecular weight is 588 g/mol. The van der Waals surface area contributed by atoms with E-state index in [9.17, 15) is 14.7 Å². The number of amides is 1. The number of benzene rings is 2. The van der Waals surface area contributed by atoms with E-state index >= 15 is 0 Å². The minimum absolute atomic E-state index is 0. The fraction of sp³-hybridized carbons (Fsp3) is 0.346. The molecule has 37 heavy (non-hydrogen) atoms. The molecule has 0 radical (unpaired) electrons. The van der Waals surface area contributed by atoms with Gasteiger partial charge in [-0.1, -0.05) is 29.3 Å². The second-order valence-electron chi connectivity index (χ2n) is 9.11. The Morgan fingerprint density at radius 2 is 1.62 bits per heavy atom. The normalized spacial score (nSPS) is 17.8. The fourth-order valence-corrected chi connectivity index (χ4v) is 4.93. The van der Waals surface area contributed by atoms with Crippen molar-refractivity contribution in [2.75, 3.05) is 5.32 Å². The SMILES string of the molecule is CC(=O)c1cnc2ccc(-c3cc(Cl)c(O)c(Cl)c3)cc2c1N[C@H]1CC[C@H](NC(=O)[C@H](C)N)CC1.Cl.Cl. The number of phenols is 1. The quantitative estimate of drug-likeness (QED) is 0.257. The van der Waals surface area contributed by atoms with Gasteiger partial charge >= 0.3 is 0 Å². The van der Waals surface area contributed by atoms with E-state index in [-0.39, 0.29) is 64.4 Å². The van der Waals surface area contributed by atoms with Gasteiger partial charge in [0, 0.05) is 23.7 Å². The number of aromatic nitrogens is 1. The van der Waals surface area contributed by atoms with Crippen LogP contribution in [0.25, 0.3) is 22.0 Å². The minimum Gasteiger partial charge on any atom is -0.505 e. The summed E-state index contributed by atoms with van der Waals surface area (Å²) in [6.45, 7) is 3.20. The van der Waals surface area contributed by atoms with Crippen molar-refractivity contribution in [1.29, 1.82) is 0 Å². The van der Waals surface area contributed by atoms with Gasteiger partial charge in [-0.05, 0) is 74.9 Å². The van der Waals surface area contributed by atoms with Crippen molar-refractivity contribution < 1.29 is 14.7 Å². The van der Waals surface area contributed by atoms with Crippen molar-refractivity contribution in [3.8, 4) is 16.9 Å². The molecule has 1 aromatic heterocycles. The summed E-state index contributed by atoms with van der Waals surface area (Å²) >= 11 is 12.3. The standard InChI is InChI=1S/C26H28Cl2N4O3.2ClH/c1-13(29)26(35)32-18-6-4-17(5-7-18)31-24-19-9-15(16-10-21(27)25(34)22(28)11-16)3-8-23(19)30-12-20(24)14(2)33;;/h3,8-13,17-18,34H,4-7,29H2,1-2H3,(H,30,31)(H,32,35);2*1H/t13-,17-,18-;;/m0../s1. The van der Waals surface area contributed by atoms with E-state index in [1.54, 1.807) is 25.3 Å². The maximum absolute atomic E-state index is 12.5. The summed E-state index contributed by atoms with van der Waals surface area (Å²) in [5, 5.41) is 17.6. The van der Waals surface area contributed by atoms with Gasteiger partial charge in [-0.25, -0.2) is 0 Å². The highest BCUT2D eigenvalue weighted by Gasteiger charge is 2.25. The Labute approximate surface area is 238 Å². The zero-order valence-electron chi connectivity index (χ0n) is 20.4. The molecular formula is C26H30Cl4N4O3. The Morgan fingerprint density at radius 3 is 2.19 bits per heavy atom. The molecule has 1 amide bonds. The summed E-state index contributed by atoms with van der Waals surface area (Å²) in [5.74, 6) is -0.378. The summed E-state index contributed by atoms with van der Waals surface area (Å²) < 4.78 is 0. The summed E-state index contributed by atoms with van der Waals surface area (Å²) in [4.78, 5) is 28.9. The number of Topliss-reactive ketones (excluding diaryl/α,β-unsaturated/α-hetero) is 1. The van der Waals surface area contributed by atoms with Gasteiger partial charge in [-0.2, -0.15) is 0 Å². The van der Waals surface area contributed by atoms with E-state index in [1.165, 1.54) is 6.92 Å². The molecule has 1 fully saturated rings. The first-order valence-electron chi connectivity index (χ1n) is 11.6. The number of aromatic hydroxyl groups is 1. The fourth-order valence-electron chi connectivity index (χ4n) is 4.45. The Balaban J connectivity index is 0.00000241. The summed E-state index contributed by atoms with van der Waals surface area (Å²) in [5.41, 5.74) is 9.24. The van der Waals surface area contributed by atoms with Gasteiger partial charge in [0.2, 0.25) is 5.91 Å². The topological polar surface area (TPSA) is 117 Å². The zero-order valence-corrected chi connectivity index (χ0v) is 23.5. The molecule has 11 heteroatoms. The van der Waals surface area contributed by atoms with Gasteiger partial charge in [0.05, 0.1) is 32.9 Å². The number of fused-ring (bicyclic) bond motifs is 1. The minimum atomic E-state index is -0.528. The first kappa shape index (κ1) is 30.9. The number of carbonyl (C=O) groups is 2. The van der Waals surface area contributed by atoms with E-state index in [0.29, 0.717) is 5.56 Å². The van der Waals surface area contributed by atoms with Gasteiger partial charge in [0.25, 0.3) is 0 Å². The number of carbonyl (C=O) groups excluding carboxylic acids is 2. The van der Waals surface area contributed by atoms with Crippen molar-refractivity contribution in [2.24, 2.45) is 5.73 Å². The van der Waals surface area contributed by atoms with Gasteiger partial charge in [0.1, 0.15) is 0 Å². The Bertz CT molecular complexity index is 1270. The van der Waals surface area contributed by atoms with Crippen LogP contribution >= 0.6 is 48.0 Å². The first-order chi connectivity index (χ1) is 16.6. The van der Waals surface area contributed by atoms with E-state index in [4.69, 9.17) is 28.9 Å². The molecular weight excluding hydrogens is 558 g/mol. The Kier molecular flexibility index (Phi) is 10.9. The lowest BCUT2D eigenvalue weighted by atomic mass is 9.90. The molecule has 0 unspecified atom stereocenters. The molecule has 7 nitrogen and oxygen atoms in total. The number of ketones is 1. The second kappa shape index (κ2) is 13.0. The van der Waals surface area contributed by atoms with Gasteiger partial charge in [0.15, 0.2) is 11.5 Å². The van der Waals surface area contributed by atoms with Gasteiger partial charge in [-0.15, -0.1) is 24.8 Å². The van der Waals surface area contributed by atoms with Crippen molar-refractivity contribution in [2.45, 2.75) is 57.7 Å². The molecule has 2 aromatic carbocycles. The van der Waals surface area contributed by atoms with Gasteiger partial charge < -0.3 is 21.5 Å². The van der Waals surface area contributed by atoms with E-state index in [0.717, 1.165) is 53.4 Å². The Morgan fingerprint density at radius 1 is 1.03 bits per heavy atom. The lowest BCUT2D eigenvalue weighted by Crippen LogP contribution is -2.46. The molecule has 0 saturated heterocycles. The zero-order chi connectivity index (χ0) is 25.3. The van der Waals surface area contributed by atoms with Crippen molar-refractivity contribution in [3.05, 3.63) is 52.1 Å². The van der Waals surface area contributed by atoms with E-state index < -0.39 is 6.04 Å². The predicted molar refractivity (Wildman–Crippen MR) is 155 cm³/mol. The number of nitrogens with two attached hydrogens (primary N) is 1. The molecule has 3 aromatic rings. The number of nitrogens with one attached hydrogen (secondary N) is 2. The monoisotopic (exact) mass is 586 g/mol. The number of hydrogen-bond donors (Lipinski definition) is 4. The number of rotatable bonds is 6. The predicted octanol–water partition coefficient (Wildman–Crippen LogP) is 6.15. The van der Waals surface area contributed by atoms with Crippen LogP contribution in [-0.2, 0) is 4.79 Å². The molecule has 1 aliphatic rings. The highest BCUT2D eigenvalue weighted by Crippen LogP contribution is 2.38. The number of phenolic OH excluding ortho intramolecular Hbond substituents is 1. The molecule has 1 atom stereocenters. The van der Waals surface area contributed by atoms with E-state index in [1.807, 2.05) is 18.2 Å². The van der Waals surface area contributed by atoms with Crippen LogP contribution in [0.15, 0.2) is 36.5 Å². The number of pyridine rings is 1. The third-order valence-corrected chi connectivity index (χ3v) is 7.01. The highest BCUT2D eigenvalue weighted by atomic mass is 35.5. The molecule has 1 aliphatic carbocycles. The van der Waals surface area contributed by atoms with Crippen LogP contribution in [0.3, 0.4) is 0 Å². The average Bonchev–Trinajstić information content (AvgIpc) is 2.83. The van der Waals surface area contributed by atoms with Crippen LogP contribution in [0.5, 0.6) is 5.75 Å². The molecule has 0 bridgehead atoms. The maximum Gasteiger partial charge on any atom is 0.236 e. The van der Waals surface area contributed by atoms with E-state index in [2.05, 4.69) is 15.6 Å². The first-order valence-corrected chi connectivity index (χ1v) is 12.3. The number of hydrogen-bond acceptors (Lipinski definition) is 6. The van der Waals surface area contributed by atoms with Crippen molar-refractivity contribution in [3.63, 3.8) is 0 Å².